The van der Waals surface area contributed by atoms with Crippen LogP contribution in [-0.4, -0.2) is 15.9 Å². The lowest BCUT2D eigenvalue weighted by molar-refractivity contribution is -0.384. The fraction of sp³-hybridized carbons (Fsp3) is 0.0714. The van der Waals surface area contributed by atoms with Crippen LogP contribution in [0.2, 0.25) is 0 Å². The molecule has 0 radical (unpaired) electrons. The van der Waals surface area contributed by atoms with Crippen molar-refractivity contribution in [2.24, 2.45) is 0 Å². The van der Waals surface area contributed by atoms with E-state index >= 15 is 0 Å². The molecule has 0 aliphatic rings. The molecular formula is C14H12BrN3O4. The molecule has 0 spiro atoms. The number of carbonyl (C=O) groups excluding carboxylic acids is 1. The van der Waals surface area contributed by atoms with E-state index in [1.165, 1.54) is 18.2 Å². The lowest BCUT2D eigenvalue weighted by atomic mass is 10.2. The van der Waals surface area contributed by atoms with Gasteiger partial charge in [0.15, 0.2) is 0 Å². The van der Waals surface area contributed by atoms with E-state index in [4.69, 9.17) is 0 Å². The number of aromatic hydroxyl groups is 1. The van der Waals surface area contributed by atoms with E-state index in [2.05, 4.69) is 26.8 Å². The van der Waals surface area contributed by atoms with Gasteiger partial charge in [-0.2, -0.15) is 0 Å². The quantitative estimate of drug-likeness (QED) is 0.557. The maximum atomic E-state index is 11.8. The molecule has 0 aliphatic heterocycles. The molecule has 114 valence electrons. The summed E-state index contributed by atoms with van der Waals surface area (Å²) in [7, 11) is 0. The second kappa shape index (κ2) is 7.01. The van der Waals surface area contributed by atoms with Crippen LogP contribution in [0.4, 0.5) is 5.69 Å². The summed E-state index contributed by atoms with van der Waals surface area (Å²) < 4.78 is 0.860. The number of nitrogens with one attached hydrogen (secondary N) is 2. The van der Waals surface area contributed by atoms with Gasteiger partial charge in [0.25, 0.3) is 11.6 Å². The standard InChI is InChI=1S/C14H12BrN3O4/c15-11-3-1-9(2-4-11)14(20)17-16-8-10-7-12(18(21)22)5-6-13(10)19/h1-7,16,19H,8H2,(H,17,20). The van der Waals surface area contributed by atoms with Crippen LogP contribution in [0.25, 0.3) is 0 Å². The average Bonchev–Trinajstić information content (AvgIpc) is 2.49. The molecule has 0 heterocycles. The molecule has 2 rings (SSSR count). The number of halogens is 1. The van der Waals surface area contributed by atoms with Crippen LogP contribution >= 0.6 is 15.9 Å². The number of benzene rings is 2. The first-order valence-electron chi connectivity index (χ1n) is 6.22. The Labute approximate surface area is 134 Å². The Hall–Kier alpha value is -2.45. The highest BCUT2D eigenvalue weighted by molar-refractivity contribution is 9.10. The SMILES string of the molecule is O=C(NNCc1cc([N+](=O)[O-])ccc1O)c1ccc(Br)cc1. The Morgan fingerprint density at radius 1 is 1.23 bits per heavy atom. The fourth-order valence-corrected chi connectivity index (χ4v) is 1.98. The third-order valence-electron chi connectivity index (χ3n) is 2.86. The molecule has 22 heavy (non-hydrogen) atoms. The van der Waals surface area contributed by atoms with Crippen LogP contribution in [-0.2, 0) is 6.54 Å². The van der Waals surface area contributed by atoms with Crippen LogP contribution in [0.3, 0.4) is 0 Å². The van der Waals surface area contributed by atoms with Gasteiger partial charge < -0.3 is 5.11 Å². The van der Waals surface area contributed by atoms with Gasteiger partial charge in [0.2, 0.25) is 0 Å². The molecule has 0 atom stereocenters. The summed E-state index contributed by atoms with van der Waals surface area (Å²) in [5.74, 6) is -0.437. The number of carbonyl (C=O) groups is 1. The predicted octanol–water partition coefficient (Wildman–Crippen LogP) is 2.50. The van der Waals surface area contributed by atoms with E-state index in [0.717, 1.165) is 4.47 Å². The number of non-ortho nitro benzene ring substituents is 1. The first-order chi connectivity index (χ1) is 10.5. The Morgan fingerprint density at radius 2 is 1.91 bits per heavy atom. The van der Waals surface area contributed by atoms with Crippen molar-refractivity contribution in [3.05, 3.63) is 68.2 Å². The molecular weight excluding hydrogens is 354 g/mol. The van der Waals surface area contributed by atoms with Crippen LogP contribution in [0, 0.1) is 10.1 Å². The number of hydrazine groups is 1. The van der Waals surface area contributed by atoms with Crippen molar-refractivity contribution < 1.29 is 14.8 Å². The monoisotopic (exact) mass is 365 g/mol. The van der Waals surface area contributed by atoms with Gasteiger partial charge in [0, 0.05) is 34.3 Å². The zero-order valence-electron chi connectivity index (χ0n) is 11.2. The summed E-state index contributed by atoms with van der Waals surface area (Å²) in [5.41, 5.74) is 5.72. The van der Waals surface area contributed by atoms with Crippen LogP contribution in [0.5, 0.6) is 5.75 Å². The highest BCUT2D eigenvalue weighted by Gasteiger charge is 2.10. The Morgan fingerprint density at radius 3 is 2.55 bits per heavy atom. The number of phenolic OH excluding ortho intramolecular Hbond substituents is 1. The van der Waals surface area contributed by atoms with Gasteiger partial charge in [0.1, 0.15) is 5.75 Å². The van der Waals surface area contributed by atoms with Crippen LogP contribution in [0.1, 0.15) is 15.9 Å². The summed E-state index contributed by atoms with van der Waals surface area (Å²) in [6.45, 7) is 0.0514. The van der Waals surface area contributed by atoms with E-state index in [1.807, 2.05) is 0 Å². The van der Waals surface area contributed by atoms with Gasteiger partial charge in [0.05, 0.1) is 4.92 Å². The lowest BCUT2D eigenvalue weighted by Crippen LogP contribution is -2.36. The van der Waals surface area contributed by atoms with Gasteiger partial charge >= 0.3 is 0 Å². The Kier molecular flexibility index (Phi) is 5.08. The summed E-state index contributed by atoms with van der Waals surface area (Å²) in [6.07, 6.45) is 0. The minimum absolute atomic E-state index is 0.0514. The predicted molar refractivity (Wildman–Crippen MR) is 83.2 cm³/mol. The smallest absolute Gasteiger partial charge is 0.270 e. The summed E-state index contributed by atoms with van der Waals surface area (Å²) >= 11 is 3.27. The molecule has 8 heteroatoms. The number of phenols is 1. The zero-order valence-corrected chi connectivity index (χ0v) is 12.8. The third-order valence-corrected chi connectivity index (χ3v) is 3.39. The van der Waals surface area contributed by atoms with Crippen LogP contribution < -0.4 is 10.9 Å². The summed E-state index contributed by atoms with van der Waals surface area (Å²) in [5, 5.41) is 20.3. The highest BCUT2D eigenvalue weighted by Crippen LogP contribution is 2.22. The second-order valence-corrected chi connectivity index (χ2v) is 5.30. The van der Waals surface area contributed by atoms with Gasteiger partial charge in [-0.3, -0.25) is 20.3 Å². The molecule has 0 fully saturated rings. The zero-order chi connectivity index (χ0) is 16.1. The summed E-state index contributed by atoms with van der Waals surface area (Å²) in [4.78, 5) is 22.0. The molecule has 1 amide bonds. The van der Waals surface area contributed by atoms with Crippen molar-refractivity contribution in [1.82, 2.24) is 10.9 Å². The Bertz CT molecular complexity index is 704. The van der Waals surface area contributed by atoms with Crippen molar-refractivity contribution in [3.8, 4) is 5.75 Å². The number of hydrogen-bond acceptors (Lipinski definition) is 5. The number of nitro groups is 1. The van der Waals surface area contributed by atoms with Gasteiger partial charge in [-0.1, -0.05) is 15.9 Å². The third kappa shape index (κ3) is 4.03. The normalized spacial score (nSPS) is 10.2. The fourth-order valence-electron chi connectivity index (χ4n) is 1.72. The van der Waals surface area contributed by atoms with Crippen molar-refractivity contribution >= 4 is 27.5 Å². The first kappa shape index (κ1) is 15.9. The number of hydrogen-bond donors (Lipinski definition) is 3. The number of rotatable bonds is 5. The minimum Gasteiger partial charge on any atom is -0.508 e. The number of amides is 1. The van der Waals surface area contributed by atoms with E-state index in [9.17, 15) is 20.0 Å². The minimum atomic E-state index is -0.552. The Balaban J connectivity index is 1.96. The van der Waals surface area contributed by atoms with Crippen molar-refractivity contribution in [2.45, 2.75) is 6.54 Å². The topological polar surface area (TPSA) is 104 Å². The maximum absolute atomic E-state index is 11.8. The molecule has 0 aliphatic carbocycles. The molecule has 2 aromatic carbocycles. The van der Waals surface area contributed by atoms with E-state index in [-0.39, 0.29) is 23.9 Å². The lowest BCUT2D eigenvalue weighted by Gasteiger charge is -2.08. The number of nitrogens with zero attached hydrogens (tertiary/aromatic N) is 1. The van der Waals surface area contributed by atoms with E-state index < -0.39 is 4.92 Å². The van der Waals surface area contributed by atoms with Gasteiger partial charge in [-0.05, 0) is 30.3 Å². The maximum Gasteiger partial charge on any atom is 0.270 e. The first-order valence-corrected chi connectivity index (χ1v) is 7.01. The van der Waals surface area contributed by atoms with E-state index in [1.54, 1.807) is 24.3 Å². The molecule has 0 bridgehead atoms. The number of nitro benzene ring substituents is 1. The van der Waals surface area contributed by atoms with Gasteiger partial charge in [-0.15, -0.1) is 0 Å². The molecule has 7 nitrogen and oxygen atoms in total. The molecule has 0 saturated carbocycles. The second-order valence-electron chi connectivity index (χ2n) is 4.38. The molecule has 0 aromatic heterocycles. The van der Waals surface area contributed by atoms with Crippen molar-refractivity contribution in [2.75, 3.05) is 0 Å². The highest BCUT2D eigenvalue weighted by atomic mass is 79.9. The van der Waals surface area contributed by atoms with E-state index in [0.29, 0.717) is 11.1 Å². The van der Waals surface area contributed by atoms with Crippen LogP contribution in [0.15, 0.2) is 46.9 Å². The van der Waals surface area contributed by atoms with Gasteiger partial charge in [-0.25, -0.2) is 5.43 Å². The average molecular weight is 366 g/mol. The molecule has 0 unspecified atom stereocenters. The largest absolute Gasteiger partial charge is 0.508 e. The molecule has 3 N–H and O–H groups in total. The summed E-state index contributed by atoms with van der Waals surface area (Å²) in [6, 6.07) is 10.5. The molecule has 2 aromatic rings. The molecule has 0 saturated heterocycles. The van der Waals surface area contributed by atoms with Crippen molar-refractivity contribution in [1.29, 1.82) is 0 Å². The van der Waals surface area contributed by atoms with Crippen molar-refractivity contribution in [3.63, 3.8) is 0 Å².